The maximum absolute atomic E-state index is 13.2. The number of carbonyl (C=O) groups excluding carboxylic acids is 2. The number of aliphatic hydroxyl groups excluding tert-OH is 2. The number of rotatable bonds is 4. The fraction of sp³-hybridized carbons (Fsp3) is 0.667. The summed E-state index contributed by atoms with van der Waals surface area (Å²) in [5.41, 5.74) is 1.58. The van der Waals surface area contributed by atoms with Gasteiger partial charge >= 0.3 is 5.97 Å². The predicted octanol–water partition coefficient (Wildman–Crippen LogP) is 5.68. The Balaban J connectivity index is 2.38. The molecule has 6 atom stereocenters. The van der Waals surface area contributed by atoms with Crippen molar-refractivity contribution in [2.45, 2.75) is 101 Å². The summed E-state index contributed by atoms with van der Waals surface area (Å²) in [5.74, 6) is -1.47. The normalized spacial score (nSPS) is 31.0. The van der Waals surface area contributed by atoms with Gasteiger partial charge in [-0.2, -0.15) is 0 Å². The number of aromatic nitrogens is 1. The van der Waals surface area contributed by atoms with Crippen molar-refractivity contribution in [3.63, 3.8) is 0 Å². The van der Waals surface area contributed by atoms with Gasteiger partial charge in [-0.3, -0.25) is 9.59 Å². The topological polar surface area (TPSA) is 96.7 Å². The average molecular weight is 556 g/mol. The lowest BCUT2D eigenvalue weighted by molar-refractivity contribution is -0.153. The van der Waals surface area contributed by atoms with Crippen molar-refractivity contribution in [2.75, 3.05) is 6.26 Å². The first kappa shape index (κ1) is 31.2. The molecule has 0 radical (unpaired) electrons. The smallest absolute Gasteiger partial charge is 0.309 e. The monoisotopic (exact) mass is 555 g/mol. The predicted molar refractivity (Wildman–Crippen MR) is 152 cm³/mol. The van der Waals surface area contributed by atoms with E-state index in [-0.39, 0.29) is 17.9 Å². The van der Waals surface area contributed by atoms with E-state index in [2.05, 4.69) is 27.2 Å². The highest BCUT2D eigenvalue weighted by Gasteiger charge is 2.42. The molecule has 9 heteroatoms. The number of carbonyl (C=O) groups is 2. The first-order valence-electron chi connectivity index (χ1n) is 12.6. The third kappa shape index (κ3) is 8.49. The molecule has 202 valence electrons. The highest BCUT2D eigenvalue weighted by molar-refractivity contribution is 8.00. The summed E-state index contributed by atoms with van der Waals surface area (Å²) in [4.78, 5) is 30.8. The summed E-state index contributed by atoms with van der Waals surface area (Å²) in [7, 11) is 2.68. The van der Waals surface area contributed by atoms with Crippen molar-refractivity contribution >= 4 is 50.2 Å². The molecule has 0 spiro atoms. The molecule has 2 rings (SSSR count). The molecule has 1 aliphatic heterocycles. The summed E-state index contributed by atoms with van der Waals surface area (Å²) in [6.45, 7) is 8.98. The van der Waals surface area contributed by atoms with Crippen LogP contribution in [0.2, 0.25) is 0 Å². The van der Waals surface area contributed by atoms with Crippen LogP contribution in [0.25, 0.3) is 6.08 Å². The number of ketones is 1. The van der Waals surface area contributed by atoms with Crippen LogP contribution >= 0.6 is 32.3 Å². The Labute approximate surface area is 226 Å². The van der Waals surface area contributed by atoms with Gasteiger partial charge in [-0.25, -0.2) is 4.98 Å². The first-order chi connectivity index (χ1) is 16.9. The first-order valence-corrected chi connectivity index (χ1v) is 15.4. The van der Waals surface area contributed by atoms with Gasteiger partial charge in [-0.05, 0) is 50.5 Å². The number of nitrogens with zero attached hydrogens (tertiary/aromatic N) is 1. The molecular weight excluding hydrogens is 513 g/mol. The summed E-state index contributed by atoms with van der Waals surface area (Å²) in [5, 5.41) is 23.7. The van der Waals surface area contributed by atoms with E-state index in [1.807, 2.05) is 24.6 Å². The van der Waals surface area contributed by atoms with Crippen LogP contribution in [0.15, 0.2) is 26.9 Å². The van der Waals surface area contributed by atoms with Crippen LogP contribution in [0.3, 0.4) is 0 Å². The van der Waals surface area contributed by atoms with Crippen LogP contribution in [-0.2, 0) is 14.3 Å². The van der Waals surface area contributed by atoms with E-state index in [4.69, 9.17) is 4.74 Å². The molecule has 36 heavy (non-hydrogen) atoms. The fourth-order valence-corrected chi connectivity index (χ4v) is 6.18. The van der Waals surface area contributed by atoms with Crippen LogP contribution < -0.4 is 0 Å². The Morgan fingerprint density at radius 1 is 1.33 bits per heavy atom. The number of hydrogen-bond donors (Lipinski definition) is 2. The van der Waals surface area contributed by atoms with Crippen molar-refractivity contribution in [2.24, 2.45) is 11.3 Å². The molecule has 1 aromatic rings. The van der Waals surface area contributed by atoms with Gasteiger partial charge in [0.25, 0.3) is 0 Å². The molecule has 0 fully saturated rings. The molecule has 0 aromatic carbocycles. The molecule has 1 aliphatic rings. The maximum atomic E-state index is 13.2. The standard InChI is InChI=1S/C27H42NO5PS2/c1-7-18-10-8-9-11-21(34)24(31)17(3)25(32)27(4,5)22(29)14-23(30)33-20(13-18)16(2)12-19-15-36-26(28-19)35-6/h10,12,15,17,20-22,24,29,31H,7-9,11,13-14,34H2,1-6H3/b16-12+,18-10+/t17-,20+,21+,22+,24-/m1/s1. The van der Waals surface area contributed by atoms with Gasteiger partial charge in [0.1, 0.15) is 16.2 Å². The zero-order valence-corrected chi connectivity index (χ0v) is 25.1. The van der Waals surface area contributed by atoms with E-state index in [1.54, 1.807) is 43.9 Å². The minimum absolute atomic E-state index is 0.129. The fourth-order valence-electron chi connectivity index (χ4n) is 4.39. The molecule has 1 aromatic heterocycles. The highest BCUT2D eigenvalue weighted by atomic mass is 32.2. The summed E-state index contributed by atoms with van der Waals surface area (Å²) in [6, 6.07) is 0. The summed E-state index contributed by atoms with van der Waals surface area (Å²) < 4.78 is 6.88. The highest BCUT2D eigenvalue weighted by Crippen LogP contribution is 2.33. The summed E-state index contributed by atoms with van der Waals surface area (Å²) in [6.07, 6.45) is 7.17. The number of allylic oxidation sites excluding steroid dienone is 1. The lowest BCUT2D eigenvalue weighted by Crippen LogP contribution is -2.46. The van der Waals surface area contributed by atoms with E-state index < -0.39 is 35.6 Å². The number of esters is 1. The number of Topliss-reactive ketones (excluding diaryl/α,β-unsaturated/α-hetero) is 1. The number of cyclic esters (lactones) is 1. The third-order valence-corrected chi connectivity index (χ3v) is 9.71. The quantitative estimate of drug-likeness (QED) is 0.214. The minimum Gasteiger partial charge on any atom is -0.457 e. The van der Waals surface area contributed by atoms with E-state index in [9.17, 15) is 19.8 Å². The molecule has 1 unspecified atom stereocenters. The number of thiazole rings is 1. The van der Waals surface area contributed by atoms with Crippen molar-refractivity contribution in [1.82, 2.24) is 4.98 Å². The van der Waals surface area contributed by atoms with Crippen LogP contribution in [0.4, 0.5) is 0 Å². The largest absolute Gasteiger partial charge is 0.457 e. The van der Waals surface area contributed by atoms with Gasteiger partial charge in [0, 0.05) is 23.4 Å². The molecule has 2 N–H and O–H groups in total. The lowest BCUT2D eigenvalue weighted by Gasteiger charge is -2.34. The van der Waals surface area contributed by atoms with Crippen LogP contribution in [0.1, 0.15) is 78.8 Å². The van der Waals surface area contributed by atoms with E-state index >= 15 is 0 Å². The third-order valence-electron chi connectivity index (χ3n) is 7.10. The van der Waals surface area contributed by atoms with Crippen LogP contribution in [-0.4, -0.2) is 57.2 Å². The second-order valence-electron chi connectivity index (χ2n) is 10.2. The zero-order chi connectivity index (χ0) is 27.0. The SMILES string of the molecule is CC/C1=C\CCC[C@H](P)[C@H](O)[C@@H](C)C(=O)C(C)(C)[C@@H](O)CC(=O)O[C@H](/C(C)=C/c2csc(SC)n2)C1. The molecule has 2 heterocycles. The van der Waals surface area contributed by atoms with Crippen LogP contribution in [0.5, 0.6) is 0 Å². The van der Waals surface area contributed by atoms with E-state index in [0.717, 1.165) is 41.3 Å². The average Bonchev–Trinajstić information content (AvgIpc) is 3.30. The van der Waals surface area contributed by atoms with Crippen molar-refractivity contribution < 1.29 is 24.5 Å². The van der Waals surface area contributed by atoms with Crippen LogP contribution in [0, 0.1) is 11.3 Å². The Kier molecular flexibility index (Phi) is 12.3. The van der Waals surface area contributed by atoms with Gasteiger partial charge in [0.05, 0.1) is 29.7 Å². The van der Waals surface area contributed by atoms with Gasteiger partial charge in [0.15, 0.2) is 0 Å². The second-order valence-corrected chi connectivity index (χ2v) is 13.0. The molecule has 0 amide bonds. The van der Waals surface area contributed by atoms with E-state index in [0.29, 0.717) is 6.42 Å². The molecule has 0 saturated heterocycles. The van der Waals surface area contributed by atoms with Gasteiger partial charge in [-0.1, -0.05) is 51.1 Å². The molecule has 0 bridgehead atoms. The van der Waals surface area contributed by atoms with Crippen molar-refractivity contribution in [3.8, 4) is 0 Å². The molecular formula is C27H42NO5PS2. The van der Waals surface area contributed by atoms with Gasteiger partial charge < -0.3 is 14.9 Å². The van der Waals surface area contributed by atoms with Crippen molar-refractivity contribution in [3.05, 3.63) is 28.3 Å². The van der Waals surface area contributed by atoms with E-state index in [1.165, 1.54) is 5.57 Å². The summed E-state index contributed by atoms with van der Waals surface area (Å²) >= 11 is 3.17. The Morgan fingerprint density at radius 3 is 2.64 bits per heavy atom. The molecule has 6 nitrogen and oxygen atoms in total. The van der Waals surface area contributed by atoms with Gasteiger partial charge in [0.2, 0.25) is 0 Å². The number of thioether (sulfide) groups is 1. The number of hydrogen-bond acceptors (Lipinski definition) is 8. The molecule has 0 aliphatic carbocycles. The Hall–Kier alpha value is -1.05. The van der Waals surface area contributed by atoms with Gasteiger partial charge in [-0.15, -0.1) is 20.6 Å². The number of aliphatic hydroxyl groups is 2. The second kappa shape index (κ2) is 14.2. The zero-order valence-electron chi connectivity index (χ0n) is 22.3. The molecule has 0 saturated carbocycles. The minimum atomic E-state index is -1.23. The maximum Gasteiger partial charge on any atom is 0.309 e. The Bertz CT molecular complexity index is 958. The Morgan fingerprint density at radius 2 is 2.03 bits per heavy atom. The number of ether oxygens (including phenoxy) is 1. The lowest BCUT2D eigenvalue weighted by atomic mass is 9.74. The van der Waals surface area contributed by atoms with Crippen molar-refractivity contribution in [1.29, 1.82) is 0 Å².